The van der Waals surface area contributed by atoms with Gasteiger partial charge < -0.3 is 29.7 Å². The van der Waals surface area contributed by atoms with Gasteiger partial charge in [-0.1, -0.05) is 20.8 Å². The highest BCUT2D eigenvalue weighted by Crippen LogP contribution is 2.26. The van der Waals surface area contributed by atoms with E-state index in [1.807, 2.05) is 46.4 Å². The summed E-state index contributed by atoms with van der Waals surface area (Å²) in [5.41, 5.74) is -1.20. The highest BCUT2D eigenvalue weighted by molar-refractivity contribution is 5.92. The molecule has 0 radical (unpaired) electrons. The van der Waals surface area contributed by atoms with Gasteiger partial charge >= 0.3 is 12.1 Å². The maximum atomic E-state index is 13.3. The van der Waals surface area contributed by atoms with E-state index in [1.54, 1.807) is 4.90 Å². The summed E-state index contributed by atoms with van der Waals surface area (Å²) in [5.74, 6) is -1.34. The first-order chi connectivity index (χ1) is 15.6. The van der Waals surface area contributed by atoms with Crippen LogP contribution < -0.4 is 5.32 Å². The molecule has 3 amide bonds. The molecular formula is C23H40N4O7. The molecule has 2 saturated heterocycles. The van der Waals surface area contributed by atoms with Crippen molar-refractivity contribution < 1.29 is 33.8 Å². The third-order valence-electron chi connectivity index (χ3n) is 5.84. The van der Waals surface area contributed by atoms with Crippen LogP contribution in [0.4, 0.5) is 4.79 Å². The molecule has 0 spiro atoms. The fraction of sp³-hybridized carbons (Fsp3) is 0.826. The number of esters is 1. The number of nitrogens with one attached hydrogen (secondary N) is 1. The van der Waals surface area contributed by atoms with E-state index in [0.29, 0.717) is 26.2 Å². The van der Waals surface area contributed by atoms with Gasteiger partial charge in [0.15, 0.2) is 0 Å². The molecule has 2 rings (SSSR count). The number of carbonyl (C=O) groups excluding carboxylic acids is 4. The van der Waals surface area contributed by atoms with Crippen molar-refractivity contribution >= 4 is 23.9 Å². The minimum atomic E-state index is -0.888. The molecule has 0 aliphatic carbocycles. The van der Waals surface area contributed by atoms with Gasteiger partial charge in [0.1, 0.15) is 17.7 Å². The Morgan fingerprint density at radius 3 is 2.12 bits per heavy atom. The van der Waals surface area contributed by atoms with E-state index in [1.165, 1.54) is 12.0 Å². The Bertz CT molecular complexity index is 766. The Balaban J connectivity index is 1.97. The lowest BCUT2D eigenvalue weighted by atomic mass is 9.85. The van der Waals surface area contributed by atoms with Crippen molar-refractivity contribution in [1.82, 2.24) is 20.0 Å². The van der Waals surface area contributed by atoms with Crippen LogP contribution in [0.15, 0.2) is 0 Å². The number of methoxy groups -OCH3 is 1. The predicted molar refractivity (Wildman–Crippen MR) is 124 cm³/mol. The SMILES string of the molecule is COC(=O)[C@@H]1C[C@@H](O)CN1C(=O)C(NC(=O)CN1CCN(C(=O)OC(C)(C)C)CC1)C(C)(C)C. The minimum absolute atomic E-state index is 0.00761. The van der Waals surface area contributed by atoms with Crippen molar-refractivity contribution in [1.29, 1.82) is 0 Å². The lowest BCUT2D eigenvalue weighted by Gasteiger charge is -2.37. The zero-order chi connectivity index (χ0) is 25.8. The Labute approximate surface area is 201 Å². The number of aliphatic hydroxyl groups is 1. The van der Waals surface area contributed by atoms with E-state index < -0.39 is 41.1 Å². The predicted octanol–water partition coefficient (Wildman–Crippen LogP) is 0.205. The molecule has 0 bridgehead atoms. The van der Waals surface area contributed by atoms with Crippen molar-refractivity contribution in [2.24, 2.45) is 5.41 Å². The van der Waals surface area contributed by atoms with Crippen LogP contribution in [0.5, 0.6) is 0 Å². The topological polar surface area (TPSA) is 129 Å². The number of amides is 3. The molecule has 2 fully saturated rings. The van der Waals surface area contributed by atoms with Gasteiger partial charge in [-0.05, 0) is 26.2 Å². The average molecular weight is 485 g/mol. The van der Waals surface area contributed by atoms with E-state index >= 15 is 0 Å². The maximum absolute atomic E-state index is 13.3. The molecule has 11 heteroatoms. The number of hydrogen-bond acceptors (Lipinski definition) is 8. The van der Waals surface area contributed by atoms with Crippen LogP contribution >= 0.6 is 0 Å². The Morgan fingerprint density at radius 1 is 1.03 bits per heavy atom. The third kappa shape index (κ3) is 7.56. The summed E-state index contributed by atoms with van der Waals surface area (Å²) in [4.78, 5) is 55.4. The smallest absolute Gasteiger partial charge is 0.410 e. The second-order valence-corrected chi connectivity index (χ2v) is 11.0. The van der Waals surface area contributed by atoms with Crippen molar-refractivity contribution in [3.05, 3.63) is 0 Å². The van der Waals surface area contributed by atoms with Crippen molar-refractivity contribution in [3.63, 3.8) is 0 Å². The zero-order valence-electron chi connectivity index (χ0n) is 21.4. The van der Waals surface area contributed by atoms with Gasteiger partial charge in [-0.15, -0.1) is 0 Å². The molecule has 0 aromatic heterocycles. The molecule has 194 valence electrons. The van der Waals surface area contributed by atoms with Gasteiger partial charge in [0.25, 0.3) is 0 Å². The van der Waals surface area contributed by atoms with Crippen LogP contribution in [-0.2, 0) is 23.9 Å². The molecule has 0 aromatic carbocycles. The number of aliphatic hydroxyl groups excluding tert-OH is 1. The minimum Gasteiger partial charge on any atom is -0.467 e. The molecule has 2 aliphatic heterocycles. The fourth-order valence-corrected chi connectivity index (χ4v) is 4.06. The molecule has 2 heterocycles. The first-order valence-corrected chi connectivity index (χ1v) is 11.7. The van der Waals surface area contributed by atoms with Crippen LogP contribution in [0, 0.1) is 5.41 Å². The fourth-order valence-electron chi connectivity index (χ4n) is 4.06. The van der Waals surface area contributed by atoms with Crippen LogP contribution in [-0.4, -0.2) is 114 Å². The summed E-state index contributed by atoms with van der Waals surface area (Å²) in [7, 11) is 1.24. The monoisotopic (exact) mass is 484 g/mol. The first-order valence-electron chi connectivity index (χ1n) is 11.7. The third-order valence-corrected chi connectivity index (χ3v) is 5.84. The molecule has 1 unspecified atom stereocenters. The normalized spacial score (nSPS) is 22.8. The Hall–Kier alpha value is -2.40. The summed E-state index contributed by atoms with van der Waals surface area (Å²) in [6.07, 6.45) is -1.10. The summed E-state index contributed by atoms with van der Waals surface area (Å²) in [6, 6.07) is -1.77. The zero-order valence-corrected chi connectivity index (χ0v) is 21.4. The van der Waals surface area contributed by atoms with Crippen LogP contribution in [0.3, 0.4) is 0 Å². The van der Waals surface area contributed by atoms with Gasteiger partial charge in [-0.25, -0.2) is 9.59 Å². The largest absolute Gasteiger partial charge is 0.467 e. The molecule has 0 aromatic rings. The summed E-state index contributed by atoms with van der Waals surface area (Å²) in [5, 5.41) is 12.9. The van der Waals surface area contributed by atoms with Crippen LogP contribution in [0.2, 0.25) is 0 Å². The summed E-state index contributed by atoms with van der Waals surface area (Å²) < 4.78 is 10.2. The summed E-state index contributed by atoms with van der Waals surface area (Å²) in [6.45, 7) is 12.9. The number of rotatable bonds is 5. The summed E-state index contributed by atoms with van der Waals surface area (Å²) >= 11 is 0. The van der Waals surface area contributed by atoms with E-state index in [2.05, 4.69) is 5.32 Å². The van der Waals surface area contributed by atoms with Gasteiger partial charge in [-0.2, -0.15) is 0 Å². The standard InChI is InChI=1S/C23H40N4O7/c1-22(2,3)18(19(30)27-13-15(28)12-16(27)20(31)33-7)24-17(29)14-25-8-10-26(11-9-25)21(32)34-23(4,5)6/h15-16,18,28H,8-14H2,1-7H3,(H,24,29)/t15-,16+,18?/m1/s1. The Kier molecular flexibility index (Phi) is 8.92. The van der Waals surface area contributed by atoms with E-state index in [4.69, 9.17) is 9.47 Å². The molecule has 11 nitrogen and oxygen atoms in total. The van der Waals surface area contributed by atoms with Crippen LogP contribution in [0.1, 0.15) is 48.0 Å². The van der Waals surface area contributed by atoms with Gasteiger partial charge in [0.05, 0.1) is 19.8 Å². The van der Waals surface area contributed by atoms with Crippen molar-refractivity contribution in [3.8, 4) is 0 Å². The number of piperazine rings is 1. The lowest BCUT2D eigenvalue weighted by molar-refractivity contribution is -0.153. The van der Waals surface area contributed by atoms with Gasteiger partial charge in [0, 0.05) is 39.1 Å². The van der Waals surface area contributed by atoms with E-state index in [-0.39, 0.29) is 31.5 Å². The number of β-amino-alcohol motifs (C(OH)–C–C–N with tert-alkyl or cyclic N) is 1. The molecule has 2 N–H and O–H groups in total. The second-order valence-electron chi connectivity index (χ2n) is 11.0. The first kappa shape index (κ1) is 27.8. The lowest BCUT2D eigenvalue weighted by Crippen LogP contribution is -2.59. The highest BCUT2D eigenvalue weighted by Gasteiger charge is 2.45. The molecule has 2 aliphatic rings. The number of hydrogen-bond donors (Lipinski definition) is 2. The molecular weight excluding hydrogens is 444 g/mol. The quantitative estimate of drug-likeness (QED) is 0.530. The number of nitrogens with zero attached hydrogens (tertiary/aromatic N) is 3. The second kappa shape index (κ2) is 10.9. The maximum Gasteiger partial charge on any atom is 0.410 e. The van der Waals surface area contributed by atoms with Gasteiger partial charge in [0.2, 0.25) is 11.8 Å². The number of carbonyl (C=O) groups is 4. The van der Waals surface area contributed by atoms with Crippen molar-refractivity contribution in [2.45, 2.75) is 71.8 Å². The van der Waals surface area contributed by atoms with Crippen molar-refractivity contribution in [2.75, 3.05) is 46.4 Å². The number of ether oxygens (including phenoxy) is 2. The number of likely N-dealkylation sites (tertiary alicyclic amines) is 1. The Morgan fingerprint density at radius 2 is 1.62 bits per heavy atom. The van der Waals surface area contributed by atoms with Gasteiger partial charge in [-0.3, -0.25) is 14.5 Å². The molecule has 3 atom stereocenters. The van der Waals surface area contributed by atoms with E-state index in [9.17, 15) is 24.3 Å². The van der Waals surface area contributed by atoms with E-state index in [0.717, 1.165) is 0 Å². The molecule has 0 saturated carbocycles. The van der Waals surface area contributed by atoms with Crippen LogP contribution in [0.25, 0.3) is 0 Å². The molecule has 34 heavy (non-hydrogen) atoms. The highest BCUT2D eigenvalue weighted by atomic mass is 16.6. The average Bonchev–Trinajstić information content (AvgIpc) is 3.11.